The van der Waals surface area contributed by atoms with Crippen molar-refractivity contribution in [2.75, 3.05) is 23.7 Å². The number of anilines is 1. The Balaban J connectivity index is 2.18. The average molecular weight is 543 g/mol. The van der Waals surface area contributed by atoms with E-state index in [-0.39, 0.29) is 37.7 Å². The summed E-state index contributed by atoms with van der Waals surface area (Å²) < 4.78 is 26.1. The minimum atomic E-state index is -3.54. The van der Waals surface area contributed by atoms with Crippen LogP contribution >= 0.6 is 23.2 Å². The molecule has 0 radical (unpaired) electrons. The third kappa shape index (κ3) is 8.40. The van der Waals surface area contributed by atoms with Crippen molar-refractivity contribution in [1.82, 2.24) is 10.2 Å². The zero-order valence-electron chi connectivity index (χ0n) is 20.6. The molecule has 0 aliphatic heterocycles. The van der Waals surface area contributed by atoms with Crippen LogP contribution in [0.3, 0.4) is 0 Å². The van der Waals surface area contributed by atoms with Gasteiger partial charge in [-0.15, -0.1) is 0 Å². The molecule has 0 aromatic heterocycles. The number of carbonyl (C=O) groups excluding carboxylic acids is 2. The summed E-state index contributed by atoms with van der Waals surface area (Å²) in [6.45, 7) is 6.19. The van der Waals surface area contributed by atoms with Gasteiger partial charge in [0.25, 0.3) is 0 Å². The van der Waals surface area contributed by atoms with Gasteiger partial charge in [0.1, 0.15) is 6.04 Å². The smallest absolute Gasteiger partial charge is 0.242 e. The Bertz CT molecular complexity index is 1120. The first-order valence-corrected chi connectivity index (χ1v) is 14.2. The van der Waals surface area contributed by atoms with Crippen molar-refractivity contribution in [1.29, 1.82) is 0 Å². The summed E-state index contributed by atoms with van der Waals surface area (Å²) in [6.07, 6.45) is 2.35. The van der Waals surface area contributed by atoms with Crippen molar-refractivity contribution in [2.24, 2.45) is 0 Å². The number of hydrogen-bond donors (Lipinski definition) is 1. The van der Waals surface area contributed by atoms with Crippen LogP contribution in [0.25, 0.3) is 0 Å². The number of aryl methyl sites for hydroxylation is 1. The molecule has 0 unspecified atom stereocenters. The van der Waals surface area contributed by atoms with Gasteiger partial charge in [-0.25, -0.2) is 8.42 Å². The van der Waals surface area contributed by atoms with E-state index in [1.165, 1.54) is 9.21 Å². The van der Waals surface area contributed by atoms with Crippen LogP contribution in [0.15, 0.2) is 42.5 Å². The highest BCUT2D eigenvalue weighted by molar-refractivity contribution is 7.92. The zero-order valence-corrected chi connectivity index (χ0v) is 22.9. The number of halogens is 2. The fourth-order valence-electron chi connectivity index (χ4n) is 3.64. The molecule has 1 N–H and O–H groups in total. The van der Waals surface area contributed by atoms with Crippen LogP contribution in [0, 0.1) is 0 Å². The third-order valence-electron chi connectivity index (χ3n) is 5.66. The SMILES string of the molecule is CCNC(=O)[C@H](C)N(Cc1ccc(Cl)cc1Cl)C(=O)CCCN(c1ccc(CC)cc1)S(C)(=O)=O. The number of carbonyl (C=O) groups is 2. The van der Waals surface area contributed by atoms with E-state index in [9.17, 15) is 18.0 Å². The second-order valence-electron chi connectivity index (χ2n) is 8.29. The Morgan fingerprint density at radius 1 is 1.06 bits per heavy atom. The molecule has 0 bridgehead atoms. The van der Waals surface area contributed by atoms with Gasteiger partial charge in [-0.1, -0.05) is 48.3 Å². The van der Waals surface area contributed by atoms with Crippen LogP contribution in [0.4, 0.5) is 5.69 Å². The van der Waals surface area contributed by atoms with E-state index in [0.717, 1.165) is 18.2 Å². The topological polar surface area (TPSA) is 86.8 Å². The molecule has 2 rings (SSSR count). The first kappa shape index (κ1) is 28.9. The monoisotopic (exact) mass is 541 g/mol. The van der Waals surface area contributed by atoms with Gasteiger partial charge in [0, 0.05) is 36.1 Å². The van der Waals surface area contributed by atoms with Crippen LogP contribution in [-0.2, 0) is 32.6 Å². The van der Waals surface area contributed by atoms with E-state index in [1.807, 2.05) is 19.1 Å². The molecule has 0 aliphatic carbocycles. The van der Waals surface area contributed by atoms with Crippen molar-refractivity contribution >= 4 is 50.7 Å². The molecule has 2 aromatic carbocycles. The Morgan fingerprint density at radius 3 is 2.26 bits per heavy atom. The van der Waals surface area contributed by atoms with E-state index in [2.05, 4.69) is 5.32 Å². The van der Waals surface area contributed by atoms with E-state index in [1.54, 1.807) is 44.2 Å². The van der Waals surface area contributed by atoms with Crippen LogP contribution in [0.5, 0.6) is 0 Å². The van der Waals surface area contributed by atoms with Gasteiger partial charge in [-0.3, -0.25) is 13.9 Å². The van der Waals surface area contributed by atoms with Gasteiger partial charge in [-0.05, 0) is 62.1 Å². The van der Waals surface area contributed by atoms with Crippen molar-refractivity contribution in [3.05, 3.63) is 63.6 Å². The zero-order chi connectivity index (χ0) is 26.2. The molecular formula is C25H33Cl2N3O4S. The van der Waals surface area contributed by atoms with E-state index >= 15 is 0 Å². The van der Waals surface area contributed by atoms with Crippen molar-refractivity contribution in [2.45, 2.75) is 52.6 Å². The molecule has 7 nitrogen and oxygen atoms in total. The second-order valence-corrected chi connectivity index (χ2v) is 11.0. The Kier molecular flexibility index (Phi) is 10.9. The first-order valence-electron chi connectivity index (χ1n) is 11.6. The van der Waals surface area contributed by atoms with Gasteiger partial charge >= 0.3 is 0 Å². The van der Waals surface area contributed by atoms with E-state index in [0.29, 0.717) is 27.8 Å². The minimum Gasteiger partial charge on any atom is -0.355 e. The summed E-state index contributed by atoms with van der Waals surface area (Å²) in [5.74, 6) is -0.552. The third-order valence-corrected chi connectivity index (χ3v) is 7.44. The van der Waals surface area contributed by atoms with Crippen molar-refractivity contribution in [3.8, 4) is 0 Å². The molecule has 0 saturated heterocycles. The number of likely N-dealkylation sites (N-methyl/N-ethyl adjacent to an activating group) is 1. The first-order chi connectivity index (χ1) is 16.5. The maximum absolute atomic E-state index is 13.2. The highest BCUT2D eigenvalue weighted by Crippen LogP contribution is 2.24. The Hall–Kier alpha value is -2.29. The van der Waals surface area contributed by atoms with Crippen LogP contribution < -0.4 is 9.62 Å². The van der Waals surface area contributed by atoms with Gasteiger partial charge in [-0.2, -0.15) is 0 Å². The van der Waals surface area contributed by atoms with Crippen LogP contribution in [0.2, 0.25) is 10.0 Å². The summed E-state index contributed by atoms with van der Waals surface area (Å²) in [7, 11) is -3.54. The molecule has 0 fully saturated rings. The molecule has 35 heavy (non-hydrogen) atoms. The molecule has 0 spiro atoms. The predicted octanol–water partition coefficient (Wildman–Crippen LogP) is 4.66. The van der Waals surface area contributed by atoms with Crippen LogP contribution in [0.1, 0.15) is 44.7 Å². The predicted molar refractivity (Wildman–Crippen MR) is 142 cm³/mol. The number of benzene rings is 2. The van der Waals surface area contributed by atoms with Gasteiger partial charge in [0.05, 0.1) is 11.9 Å². The normalized spacial score (nSPS) is 12.2. The summed E-state index contributed by atoms with van der Waals surface area (Å²) in [5.41, 5.74) is 2.32. The fourth-order valence-corrected chi connectivity index (χ4v) is 5.07. The summed E-state index contributed by atoms with van der Waals surface area (Å²) in [4.78, 5) is 27.2. The lowest BCUT2D eigenvalue weighted by Gasteiger charge is -2.29. The second kappa shape index (κ2) is 13.1. The molecule has 0 aliphatic rings. The standard InChI is InChI=1S/C25H33Cl2N3O4S/c1-5-19-9-13-22(14-10-19)30(35(4,33)34)15-7-8-24(31)29(18(3)25(32)28-6-2)17-20-11-12-21(26)16-23(20)27/h9-14,16,18H,5-8,15,17H2,1-4H3,(H,28,32)/t18-/m0/s1. The highest BCUT2D eigenvalue weighted by atomic mass is 35.5. The number of hydrogen-bond acceptors (Lipinski definition) is 4. The summed E-state index contributed by atoms with van der Waals surface area (Å²) >= 11 is 12.3. The Labute approximate surface area is 218 Å². The lowest BCUT2D eigenvalue weighted by molar-refractivity contribution is -0.140. The average Bonchev–Trinajstić information content (AvgIpc) is 2.80. The molecular weight excluding hydrogens is 509 g/mol. The van der Waals surface area contributed by atoms with Gasteiger partial charge < -0.3 is 10.2 Å². The molecule has 192 valence electrons. The number of sulfonamides is 1. The minimum absolute atomic E-state index is 0.0635. The number of amides is 2. The number of nitrogens with zero attached hydrogens (tertiary/aromatic N) is 2. The lowest BCUT2D eigenvalue weighted by atomic mass is 10.1. The van der Waals surface area contributed by atoms with E-state index < -0.39 is 16.1 Å². The molecule has 0 saturated carbocycles. The maximum atomic E-state index is 13.2. The summed E-state index contributed by atoms with van der Waals surface area (Å²) in [6, 6.07) is 11.6. The number of nitrogens with one attached hydrogen (secondary N) is 1. The quantitative estimate of drug-likeness (QED) is 0.423. The molecule has 2 aromatic rings. The molecule has 0 heterocycles. The van der Waals surface area contributed by atoms with Crippen molar-refractivity contribution in [3.63, 3.8) is 0 Å². The highest BCUT2D eigenvalue weighted by Gasteiger charge is 2.27. The fraction of sp³-hybridized carbons (Fsp3) is 0.440. The van der Waals surface area contributed by atoms with E-state index in [4.69, 9.17) is 23.2 Å². The van der Waals surface area contributed by atoms with Crippen LogP contribution in [-0.4, -0.2) is 50.5 Å². The number of rotatable bonds is 12. The maximum Gasteiger partial charge on any atom is 0.242 e. The lowest BCUT2D eigenvalue weighted by Crippen LogP contribution is -2.47. The Morgan fingerprint density at radius 2 is 1.71 bits per heavy atom. The molecule has 2 amide bonds. The van der Waals surface area contributed by atoms with Gasteiger partial charge in [0.2, 0.25) is 21.8 Å². The molecule has 1 atom stereocenters. The molecule has 10 heteroatoms. The van der Waals surface area contributed by atoms with Crippen molar-refractivity contribution < 1.29 is 18.0 Å². The summed E-state index contributed by atoms with van der Waals surface area (Å²) in [5, 5.41) is 3.61. The van der Waals surface area contributed by atoms with Gasteiger partial charge in [0.15, 0.2) is 0 Å². The largest absolute Gasteiger partial charge is 0.355 e.